The molecule has 3 saturated heterocycles. The highest BCUT2D eigenvalue weighted by Gasteiger charge is 2.43. The molecule has 0 unspecified atom stereocenters. The van der Waals surface area contributed by atoms with Crippen LogP contribution in [0.3, 0.4) is 0 Å². The van der Waals surface area contributed by atoms with Crippen molar-refractivity contribution in [3.05, 3.63) is 0 Å². The second kappa shape index (κ2) is 2.71. The molecule has 0 aromatic carbocycles. The fraction of sp³-hybridized carbons (Fsp3) is 1.00. The summed E-state index contributed by atoms with van der Waals surface area (Å²) in [6.45, 7) is 3.94. The maximum absolute atomic E-state index is 3.52. The third kappa shape index (κ3) is 0.944. The first-order valence-corrected chi connectivity index (χ1v) is 5.41. The number of hydrogen-bond acceptors (Lipinski definition) is 2. The Bertz CT molecular complexity index is 181. The molecular formula is C10H18N2. The summed E-state index contributed by atoms with van der Waals surface area (Å²) in [5.74, 6) is 0.994. The lowest BCUT2D eigenvalue weighted by atomic mass is 9.99. The smallest absolute Gasteiger partial charge is 0.0264 e. The van der Waals surface area contributed by atoms with Crippen molar-refractivity contribution in [1.29, 1.82) is 0 Å². The minimum absolute atomic E-state index is 0.912. The Hall–Kier alpha value is -0.0800. The van der Waals surface area contributed by atoms with Crippen LogP contribution in [0.2, 0.25) is 0 Å². The van der Waals surface area contributed by atoms with E-state index in [0.717, 1.165) is 18.0 Å². The largest absolute Gasteiger partial charge is 0.315 e. The zero-order chi connectivity index (χ0) is 7.97. The lowest BCUT2D eigenvalue weighted by molar-refractivity contribution is 0.151. The van der Waals surface area contributed by atoms with Crippen LogP contribution in [-0.4, -0.2) is 36.6 Å². The van der Waals surface area contributed by atoms with Crippen molar-refractivity contribution in [2.45, 2.75) is 37.8 Å². The highest BCUT2D eigenvalue weighted by molar-refractivity contribution is 5.00. The predicted octanol–water partition coefficient (Wildman–Crippen LogP) is 0.833. The second-order valence-electron chi connectivity index (χ2n) is 4.61. The molecule has 0 aromatic heterocycles. The number of fused-ring (bicyclic) bond motifs is 3. The SMILES string of the molecule is C1CCN2[C@H](C1)C[C@@H]1CNC[C@@H]12. The molecule has 0 bridgehead atoms. The molecule has 3 aliphatic heterocycles. The zero-order valence-corrected chi connectivity index (χ0v) is 7.63. The van der Waals surface area contributed by atoms with Gasteiger partial charge in [0.1, 0.15) is 0 Å². The van der Waals surface area contributed by atoms with Crippen LogP contribution in [0.25, 0.3) is 0 Å². The van der Waals surface area contributed by atoms with Gasteiger partial charge in [-0.25, -0.2) is 0 Å². The van der Waals surface area contributed by atoms with E-state index < -0.39 is 0 Å². The molecule has 3 aliphatic rings. The zero-order valence-electron chi connectivity index (χ0n) is 7.63. The molecule has 0 spiro atoms. The molecule has 3 fully saturated rings. The molecule has 12 heavy (non-hydrogen) atoms. The normalized spacial score (nSPS) is 47.5. The van der Waals surface area contributed by atoms with Crippen molar-refractivity contribution in [2.75, 3.05) is 19.6 Å². The van der Waals surface area contributed by atoms with E-state index >= 15 is 0 Å². The van der Waals surface area contributed by atoms with Crippen LogP contribution in [0.4, 0.5) is 0 Å². The number of nitrogens with one attached hydrogen (secondary N) is 1. The van der Waals surface area contributed by atoms with Gasteiger partial charge in [-0.15, -0.1) is 0 Å². The van der Waals surface area contributed by atoms with E-state index in [2.05, 4.69) is 10.2 Å². The van der Waals surface area contributed by atoms with Crippen molar-refractivity contribution in [3.63, 3.8) is 0 Å². The number of nitrogens with zero attached hydrogens (tertiary/aromatic N) is 1. The Morgan fingerprint density at radius 3 is 3.17 bits per heavy atom. The summed E-state index contributed by atoms with van der Waals surface area (Å²) >= 11 is 0. The summed E-state index contributed by atoms with van der Waals surface area (Å²) in [7, 11) is 0. The quantitative estimate of drug-likeness (QED) is 0.573. The lowest BCUT2D eigenvalue weighted by Gasteiger charge is -2.33. The standard InChI is InChI=1S/C10H18N2/c1-2-4-12-9(3-1)5-8-6-11-7-10(8)12/h8-11H,1-7H2/t8-,9-,10+/m1/s1. The Balaban J connectivity index is 1.79. The van der Waals surface area contributed by atoms with Crippen molar-refractivity contribution < 1.29 is 0 Å². The number of rotatable bonds is 0. The molecule has 0 saturated carbocycles. The van der Waals surface area contributed by atoms with Gasteiger partial charge < -0.3 is 5.32 Å². The van der Waals surface area contributed by atoms with E-state index in [9.17, 15) is 0 Å². The van der Waals surface area contributed by atoms with Crippen LogP contribution in [0.5, 0.6) is 0 Å². The molecule has 0 amide bonds. The van der Waals surface area contributed by atoms with Crippen LogP contribution >= 0.6 is 0 Å². The summed E-state index contributed by atoms with van der Waals surface area (Å²) in [6, 6.07) is 1.88. The van der Waals surface area contributed by atoms with Crippen LogP contribution in [0, 0.1) is 5.92 Å². The third-order valence-electron chi connectivity index (χ3n) is 3.98. The van der Waals surface area contributed by atoms with E-state index in [0.29, 0.717) is 0 Å². The summed E-state index contributed by atoms with van der Waals surface area (Å²) < 4.78 is 0. The maximum Gasteiger partial charge on any atom is 0.0264 e. The van der Waals surface area contributed by atoms with Gasteiger partial charge in [-0.1, -0.05) is 6.42 Å². The van der Waals surface area contributed by atoms with Gasteiger partial charge in [0.05, 0.1) is 0 Å². The monoisotopic (exact) mass is 166 g/mol. The van der Waals surface area contributed by atoms with Crippen LogP contribution in [-0.2, 0) is 0 Å². The molecule has 68 valence electrons. The van der Waals surface area contributed by atoms with Gasteiger partial charge in [-0.2, -0.15) is 0 Å². The average molecular weight is 166 g/mol. The van der Waals surface area contributed by atoms with E-state index in [1.54, 1.807) is 0 Å². The Morgan fingerprint density at radius 2 is 2.17 bits per heavy atom. The first-order valence-electron chi connectivity index (χ1n) is 5.41. The summed E-state index contributed by atoms with van der Waals surface area (Å²) in [5, 5.41) is 3.52. The first-order chi connectivity index (χ1) is 5.95. The minimum Gasteiger partial charge on any atom is -0.315 e. The van der Waals surface area contributed by atoms with E-state index in [1.807, 2.05) is 0 Å². The Morgan fingerprint density at radius 1 is 1.17 bits per heavy atom. The molecule has 0 aromatic rings. The highest BCUT2D eigenvalue weighted by Crippen LogP contribution is 2.36. The molecule has 3 rings (SSSR count). The van der Waals surface area contributed by atoms with Gasteiger partial charge in [-0.3, -0.25) is 4.90 Å². The molecule has 3 atom stereocenters. The molecule has 1 N–H and O–H groups in total. The van der Waals surface area contributed by atoms with E-state index in [1.165, 1.54) is 45.3 Å². The van der Waals surface area contributed by atoms with Gasteiger partial charge in [0.25, 0.3) is 0 Å². The average Bonchev–Trinajstić information content (AvgIpc) is 2.62. The maximum atomic E-state index is 3.52. The van der Waals surface area contributed by atoms with Crippen LogP contribution in [0.15, 0.2) is 0 Å². The second-order valence-corrected chi connectivity index (χ2v) is 4.61. The first kappa shape index (κ1) is 7.34. The predicted molar refractivity (Wildman–Crippen MR) is 49.1 cm³/mol. The van der Waals surface area contributed by atoms with Gasteiger partial charge >= 0.3 is 0 Å². The molecule has 2 heteroatoms. The van der Waals surface area contributed by atoms with Gasteiger partial charge in [-0.05, 0) is 38.3 Å². The lowest BCUT2D eigenvalue weighted by Crippen LogP contribution is -2.42. The van der Waals surface area contributed by atoms with Crippen molar-refractivity contribution >= 4 is 0 Å². The molecule has 2 nitrogen and oxygen atoms in total. The third-order valence-corrected chi connectivity index (χ3v) is 3.98. The van der Waals surface area contributed by atoms with E-state index in [4.69, 9.17) is 0 Å². The number of hydrogen-bond donors (Lipinski definition) is 1. The van der Waals surface area contributed by atoms with Gasteiger partial charge in [0, 0.05) is 18.6 Å². The molecule has 0 aliphatic carbocycles. The van der Waals surface area contributed by atoms with Crippen molar-refractivity contribution in [1.82, 2.24) is 10.2 Å². The number of piperidine rings is 1. The van der Waals surface area contributed by atoms with Gasteiger partial charge in [0.2, 0.25) is 0 Å². The topological polar surface area (TPSA) is 15.3 Å². The fourth-order valence-electron chi connectivity index (χ4n) is 3.41. The molecule has 0 radical (unpaired) electrons. The van der Waals surface area contributed by atoms with Gasteiger partial charge in [0.15, 0.2) is 0 Å². The Kier molecular flexibility index (Phi) is 1.66. The molecular weight excluding hydrogens is 148 g/mol. The minimum atomic E-state index is 0.912. The van der Waals surface area contributed by atoms with Crippen LogP contribution in [0.1, 0.15) is 25.7 Å². The molecule has 3 heterocycles. The van der Waals surface area contributed by atoms with Crippen LogP contribution < -0.4 is 5.32 Å². The summed E-state index contributed by atoms with van der Waals surface area (Å²) in [4.78, 5) is 2.79. The summed E-state index contributed by atoms with van der Waals surface area (Å²) in [6.07, 6.45) is 5.89. The Labute approximate surface area is 74.3 Å². The van der Waals surface area contributed by atoms with Crippen molar-refractivity contribution in [3.8, 4) is 0 Å². The summed E-state index contributed by atoms with van der Waals surface area (Å²) in [5.41, 5.74) is 0. The van der Waals surface area contributed by atoms with E-state index in [-0.39, 0.29) is 0 Å². The fourth-order valence-corrected chi connectivity index (χ4v) is 3.41. The highest BCUT2D eigenvalue weighted by atomic mass is 15.3. The van der Waals surface area contributed by atoms with Crippen molar-refractivity contribution in [2.24, 2.45) is 5.92 Å².